The third kappa shape index (κ3) is 4.19. The van der Waals surface area contributed by atoms with Crippen LogP contribution in [0.2, 0.25) is 0 Å². The SMILES string of the molecule is Cc1cc(-c2nnc(CCC(=O)NCCN3CCCC3)o2)n(C)n1. The van der Waals surface area contributed by atoms with E-state index in [4.69, 9.17) is 4.42 Å². The number of carbonyl (C=O) groups is 1. The summed E-state index contributed by atoms with van der Waals surface area (Å²) < 4.78 is 7.33. The lowest BCUT2D eigenvalue weighted by molar-refractivity contribution is -0.121. The molecule has 0 unspecified atom stereocenters. The molecule has 8 heteroatoms. The zero-order chi connectivity index (χ0) is 16.9. The molecule has 1 aliphatic rings. The first-order valence-electron chi connectivity index (χ1n) is 8.44. The molecule has 0 spiro atoms. The van der Waals surface area contributed by atoms with Gasteiger partial charge in [-0.2, -0.15) is 5.10 Å². The highest BCUT2D eigenvalue weighted by atomic mass is 16.4. The van der Waals surface area contributed by atoms with Gasteiger partial charge in [-0.15, -0.1) is 10.2 Å². The van der Waals surface area contributed by atoms with Crippen LogP contribution in [0.5, 0.6) is 0 Å². The third-order valence-electron chi connectivity index (χ3n) is 4.20. The van der Waals surface area contributed by atoms with Crippen LogP contribution in [0.4, 0.5) is 0 Å². The van der Waals surface area contributed by atoms with Crippen LogP contribution in [-0.2, 0) is 18.3 Å². The highest BCUT2D eigenvalue weighted by molar-refractivity contribution is 5.76. The first-order chi connectivity index (χ1) is 11.6. The lowest BCUT2D eigenvalue weighted by Gasteiger charge is -2.14. The maximum Gasteiger partial charge on any atom is 0.265 e. The van der Waals surface area contributed by atoms with Crippen molar-refractivity contribution < 1.29 is 9.21 Å². The number of carbonyl (C=O) groups excluding carboxylic acids is 1. The molecule has 1 amide bonds. The molecular formula is C16H24N6O2. The second-order valence-electron chi connectivity index (χ2n) is 6.19. The van der Waals surface area contributed by atoms with Crippen LogP contribution in [0.1, 0.15) is 30.8 Å². The second kappa shape index (κ2) is 7.57. The van der Waals surface area contributed by atoms with E-state index in [0.29, 0.717) is 31.2 Å². The maximum atomic E-state index is 11.9. The average Bonchev–Trinajstić information content (AvgIpc) is 3.27. The van der Waals surface area contributed by atoms with Gasteiger partial charge in [-0.25, -0.2) is 0 Å². The van der Waals surface area contributed by atoms with Gasteiger partial charge in [0.05, 0.1) is 5.69 Å². The van der Waals surface area contributed by atoms with Gasteiger partial charge in [-0.05, 0) is 38.9 Å². The van der Waals surface area contributed by atoms with Gasteiger partial charge in [0, 0.05) is 33.0 Å². The molecule has 8 nitrogen and oxygen atoms in total. The number of aromatic nitrogens is 4. The molecule has 130 valence electrons. The van der Waals surface area contributed by atoms with Gasteiger partial charge in [0.1, 0.15) is 5.69 Å². The van der Waals surface area contributed by atoms with Crippen molar-refractivity contribution in [3.63, 3.8) is 0 Å². The predicted molar refractivity (Wildman–Crippen MR) is 88.2 cm³/mol. The average molecular weight is 332 g/mol. The van der Waals surface area contributed by atoms with Gasteiger partial charge >= 0.3 is 0 Å². The summed E-state index contributed by atoms with van der Waals surface area (Å²) in [7, 11) is 1.83. The maximum absolute atomic E-state index is 11.9. The largest absolute Gasteiger partial charge is 0.419 e. The zero-order valence-corrected chi connectivity index (χ0v) is 14.3. The molecule has 0 aromatic carbocycles. The first-order valence-corrected chi connectivity index (χ1v) is 8.44. The van der Waals surface area contributed by atoms with E-state index in [0.717, 1.165) is 31.0 Å². The van der Waals surface area contributed by atoms with Gasteiger partial charge in [-0.1, -0.05) is 0 Å². The van der Waals surface area contributed by atoms with E-state index in [1.54, 1.807) is 4.68 Å². The van der Waals surface area contributed by atoms with Crippen LogP contribution < -0.4 is 5.32 Å². The zero-order valence-electron chi connectivity index (χ0n) is 14.3. The molecule has 1 fully saturated rings. The quantitative estimate of drug-likeness (QED) is 0.811. The van der Waals surface area contributed by atoms with Crippen molar-refractivity contribution in [2.24, 2.45) is 7.05 Å². The van der Waals surface area contributed by atoms with Crippen LogP contribution in [0.3, 0.4) is 0 Å². The standard InChI is InChI=1S/C16H24N6O2/c1-12-11-13(21(2)20-12)16-19-18-15(24-16)6-5-14(23)17-7-10-22-8-3-4-9-22/h11H,3-10H2,1-2H3,(H,17,23). The van der Waals surface area contributed by atoms with E-state index in [9.17, 15) is 4.79 Å². The summed E-state index contributed by atoms with van der Waals surface area (Å²) in [5, 5.41) is 15.3. The fourth-order valence-corrected chi connectivity index (χ4v) is 2.94. The number of likely N-dealkylation sites (tertiary alicyclic amines) is 1. The molecule has 3 heterocycles. The summed E-state index contributed by atoms with van der Waals surface area (Å²) in [6, 6.07) is 1.89. The van der Waals surface area contributed by atoms with Gasteiger partial charge in [0.2, 0.25) is 11.8 Å². The Balaban J connectivity index is 1.43. The van der Waals surface area contributed by atoms with Crippen LogP contribution in [0, 0.1) is 6.92 Å². The molecule has 2 aromatic heterocycles. The van der Waals surface area contributed by atoms with E-state index < -0.39 is 0 Å². The smallest absolute Gasteiger partial charge is 0.265 e. The lowest BCUT2D eigenvalue weighted by atomic mass is 10.3. The summed E-state index contributed by atoms with van der Waals surface area (Å²) in [6.45, 7) is 5.83. The molecule has 0 atom stereocenters. The Bertz CT molecular complexity index is 687. The molecule has 0 saturated carbocycles. The first kappa shape index (κ1) is 16.6. The topological polar surface area (TPSA) is 89.1 Å². The summed E-state index contributed by atoms with van der Waals surface area (Å²) in [5.41, 5.74) is 1.67. The number of nitrogens with one attached hydrogen (secondary N) is 1. The Labute approximate surface area is 141 Å². The molecule has 0 aliphatic carbocycles. The van der Waals surface area contributed by atoms with Gasteiger partial charge in [-0.3, -0.25) is 9.48 Å². The fourth-order valence-electron chi connectivity index (χ4n) is 2.94. The molecule has 1 N–H and O–H groups in total. The Morgan fingerprint density at radius 1 is 1.33 bits per heavy atom. The van der Waals surface area contributed by atoms with E-state index in [1.165, 1.54) is 12.8 Å². The number of hydrogen-bond acceptors (Lipinski definition) is 6. The van der Waals surface area contributed by atoms with E-state index >= 15 is 0 Å². The van der Waals surface area contributed by atoms with Crippen LogP contribution in [0.25, 0.3) is 11.6 Å². The van der Waals surface area contributed by atoms with Crippen molar-refractivity contribution >= 4 is 5.91 Å². The van der Waals surface area contributed by atoms with Crippen molar-refractivity contribution in [1.29, 1.82) is 0 Å². The van der Waals surface area contributed by atoms with Crippen LogP contribution in [-0.4, -0.2) is 57.0 Å². The monoisotopic (exact) mass is 332 g/mol. The van der Waals surface area contributed by atoms with Gasteiger partial charge < -0.3 is 14.6 Å². The minimum absolute atomic E-state index is 0.0188. The van der Waals surface area contributed by atoms with E-state index in [1.807, 2.05) is 20.0 Å². The van der Waals surface area contributed by atoms with E-state index in [-0.39, 0.29) is 5.91 Å². The van der Waals surface area contributed by atoms with Crippen LogP contribution >= 0.6 is 0 Å². The molecule has 0 bridgehead atoms. The Morgan fingerprint density at radius 2 is 2.12 bits per heavy atom. The second-order valence-corrected chi connectivity index (χ2v) is 6.19. The fraction of sp³-hybridized carbons (Fsp3) is 0.625. The van der Waals surface area contributed by atoms with Crippen molar-refractivity contribution in [2.45, 2.75) is 32.6 Å². The molecule has 1 saturated heterocycles. The number of amides is 1. The van der Waals surface area contributed by atoms with Gasteiger partial charge in [0.25, 0.3) is 5.89 Å². The molecule has 2 aromatic rings. The molecule has 0 radical (unpaired) electrons. The molecule has 3 rings (SSSR count). The lowest BCUT2D eigenvalue weighted by Crippen LogP contribution is -2.33. The summed E-state index contributed by atoms with van der Waals surface area (Å²) >= 11 is 0. The normalized spacial score (nSPS) is 15.1. The van der Waals surface area contributed by atoms with E-state index in [2.05, 4.69) is 25.5 Å². The molecular weight excluding hydrogens is 308 g/mol. The highest BCUT2D eigenvalue weighted by Crippen LogP contribution is 2.18. The minimum Gasteiger partial charge on any atom is -0.419 e. The number of nitrogens with zero attached hydrogens (tertiary/aromatic N) is 5. The Kier molecular flexibility index (Phi) is 5.24. The highest BCUT2D eigenvalue weighted by Gasteiger charge is 2.15. The van der Waals surface area contributed by atoms with Crippen molar-refractivity contribution in [3.05, 3.63) is 17.7 Å². The minimum atomic E-state index is 0.0188. The summed E-state index contributed by atoms with van der Waals surface area (Å²) in [6.07, 6.45) is 3.33. The van der Waals surface area contributed by atoms with Crippen molar-refractivity contribution in [2.75, 3.05) is 26.2 Å². The third-order valence-corrected chi connectivity index (χ3v) is 4.20. The Morgan fingerprint density at radius 3 is 2.83 bits per heavy atom. The van der Waals surface area contributed by atoms with Gasteiger partial charge in [0.15, 0.2) is 0 Å². The summed E-state index contributed by atoms with van der Waals surface area (Å²) in [4.78, 5) is 14.3. The van der Waals surface area contributed by atoms with Crippen molar-refractivity contribution in [3.8, 4) is 11.6 Å². The van der Waals surface area contributed by atoms with Crippen molar-refractivity contribution in [1.82, 2.24) is 30.2 Å². The Hall–Kier alpha value is -2.22. The molecule has 1 aliphatic heterocycles. The number of rotatable bonds is 7. The molecule has 24 heavy (non-hydrogen) atoms. The van der Waals surface area contributed by atoms with Crippen LogP contribution in [0.15, 0.2) is 10.5 Å². The number of aryl methyl sites for hydroxylation is 3. The predicted octanol–water partition coefficient (Wildman–Crippen LogP) is 0.923. The summed E-state index contributed by atoms with van der Waals surface area (Å²) in [5.74, 6) is 0.923. The number of hydrogen-bond donors (Lipinski definition) is 1.